The second-order valence-corrected chi connectivity index (χ2v) is 7.60. The molecule has 1 aromatic heterocycles. The van der Waals surface area contributed by atoms with Crippen molar-refractivity contribution >= 4 is 10.9 Å². The van der Waals surface area contributed by atoms with Crippen molar-refractivity contribution in [3.63, 3.8) is 0 Å². The van der Waals surface area contributed by atoms with E-state index in [1.165, 1.54) is 5.56 Å². The van der Waals surface area contributed by atoms with Crippen LogP contribution in [0, 0.1) is 0 Å². The number of hydrogen-bond donors (Lipinski definition) is 1. The fourth-order valence-corrected chi connectivity index (χ4v) is 2.90. The van der Waals surface area contributed by atoms with Crippen molar-refractivity contribution in [3.05, 3.63) is 39.9 Å². The molecule has 0 aliphatic carbocycles. The zero-order valence-corrected chi connectivity index (χ0v) is 14.5. The third-order valence-corrected chi connectivity index (χ3v) is 4.48. The minimum Gasteiger partial charge on any atom is -0.310 e. The first kappa shape index (κ1) is 16.1. The maximum atomic E-state index is 12.4. The van der Waals surface area contributed by atoms with E-state index >= 15 is 0 Å². The fraction of sp³-hybridized carbons (Fsp3) is 0.556. The van der Waals surface area contributed by atoms with Crippen LogP contribution in [0.25, 0.3) is 10.9 Å². The molecule has 1 aromatic carbocycles. The van der Waals surface area contributed by atoms with E-state index in [1.54, 1.807) is 0 Å². The fourth-order valence-electron chi connectivity index (χ4n) is 2.90. The Labute approximate surface area is 137 Å². The lowest BCUT2D eigenvalue weighted by molar-refractivity contribution is 0.148. The third kappa shape index (κ3) is 3.62. The molecule has 2 aromatic rings. The van der Waals surface area contributed by atoms with Gasteiger partial charge in [-0.2, -0.15) is 0 Å². The van der Waals surface area contributed by atoms with Crippen LogP contribution in [0.15, 0.2) is 23.0 Å². The summed E-state index contributed by atoms with van der Waals surface area (Å²) in [5.74, 6) is 0.738. The van der Waals surface area contributed by atoms with Crippen molar-refractivity contribution in [2.45, 2.75) is 32.7 Å². The number of fused-ring (bicyclic) bond motifs is 1. The van der Waals surface area contributed by atoms with Crippen molar-refractivity contribution < 1.29 is 0 Å². The molecule has 1 saturated heterocycles. The van der Waals surface area contributed by atoms with Crippen LogP contribution in [0.4, 0.5) is 0 Å². The lowest BCUT2D eigenvalue weighted by Gasteiger charge is -2.32. The molecule has 1 aliphatic rings. The van der Waals surface area contributed by atoms with Crippen molar-refractivity contribution in [2.24, 2.45) is 0 Å². The van der Waals surface area contributed by atoms with Gasteiger partial charge in [-0.15, -0.1) is 0 Å². The molecule has 1 N–H and O–H groups in total. The lowest BCUT2D eigenvalue weighted by Crippen LogP contribution is -2.43. The molecular formula is C18H26N4O. The summed E-state index contributed by atoms with van der Waals surface area (Å²) in [6, 6.07) is 6.07. The Hall–Kier alpha value is -1.72. The number of aromatic amines is 1. The topological polar surface area (TPSA) is 52.2 Å². The van der Waals surface area contributed by atoms with E-state index in [-0.39, 0.29) is 11.0 Å². The molecule has 5 nitrogen and oxygen atoms in total. The van der Waals surface area contributed by atoms with E-state index in [0.717, 1.165) is 44.1 Å². The molecule has 0 amide bonds. The second-order valence-electron chi connectivity index (χ2n) is 7.60. The standard InChI is InChI=1S/C18H26N4O/c1-18(2,3)17-19-15-6-5-13(11-14(15)16(23)20-17)12-22-9-7-21(4)8-10-22/h5-6,11H,7-10,12H2,1-4H3,(H,19,20,23). The van der Waals surface area contributed by atoms with Gasteiger partial charge in [0.15, 0.2) is 0 Å². The zero-order valence-electron chi connectivity index (χ0n) is 14.5. The first-order valence-electron chi connectivity index (χ1n) is 8.27. The minimum atomic E-state index is -0.161. The summed E-state index contributed by atoms with van der Waals surface area (Å²) in [6.45, 7) is 11.4. The van der Waals surface area contributed by atoms with Crippen LogP contribution in [0.1, 0.15) is 32.2 Å². The van der Waals surface area contributed by atoms with Gasteiger partial charge in [0.2, 0.25) is 0 Å². The Bertz CT molecular complexity index is 752. The van der Waals surface area contributed by atoms with Crippen LogP contribution < -0.4 is 5.56 Å². The second kappa shape index (κ2) is 6.06. The minimum absolute atomic E-state index is 0.0415. The summed E-state index contributed by atoms with van der Waals surface area (Å²) in [5, 5.41) is 0.685. The average molecular weight is 314 g/mol. The molecule has 0 unspecified atom stereocenters. The largest absolute Gasteiger partial charge is 0.310 e. The molecule has 1 fully saturated rings. The van der Waals surface area contributed by atoms with Crippen LogP contribution in [0.5, 0.6) is 0 Å². The number of nitrogens with one attached hydrogen (secondary N) is 1. The zero-order chi connectivity index (χ0) is 16.6. The predicted octanol–water partition coefficient (Wildman–Crippen LogP) is 1.97. The molecular weight excluding hydrogens is 288 g/mol. The van der Waals surface area contributed by atoms with E-state index in [0.29, 0.717) is 5.39 Å². The summed E-state index contributed by atoms with van der Waals surface area (Å²) in [6.07, 6.45) is 0. The highest BCUT2D eigenvalue weighted by atomic mass is 16.1. The van der Waals surface area contributed by atoms with Gasteiger partial charge in [0, 0.05) is 38.1 Å². The number of rotatable bonds is 2. The van der Waals surface area contributed by atoms with Crippen LogP contribution in [0.3, 0.4) is 0 Å². The predicted molar refractivity (Wildman–Crippen MR) is 93.8 cm³/mol. The van der Waals surface area contributed by atoms with E-state index < -0.39 is 0 Å². The van der Waals surface area contributed by atoms with Crippen LogP contribution in [-0.2, 0) is 12.0 Å². The Morgan fingerprint density at radius 3 is 2.52 bits per heavy atom. The van der Waals surface area contributed by atoms with Gasteiger partial charge in [0.05, 0.1) is 10.9 Å². The van der Waals surface area contributed by atoms with Gasteiger partial charge in [0.1, 0.15) is 5.82 Å². The monoisotopic (exact) mass is 314 g/mol. The number of aromatic nitrogens is 2. The van der Waals surface area contributed by atoms with Crippen molar-refractivity contribution in [1.82, 2.24) is 19.8 Å². The highest BCUT2D eigenvalue weighted by Gasteiger charge is 2.18. The molecule has 1 aliphatic heterocycles. The normalized spacial score (nSPS) is 17.7. The van der Waals surface area contributed by atoms with Crippen molar-refractivity contribution in [3.8, 4) is 0 Å². The summed E-state index contributed by atoms with van der Waals surface area (Å²) in [5.41, 5.74) is 1.75. The van der Waals surface area contributed by atoms with Gasteiger partial charge in [0.25, 0.3) is 5.56 Å². The van der Waals surface area contributed by atoms with Crippen molar-refractivity contribution in [2.75, 3.05) is 33.2 Å². The number of benzene rings is 1. The third-order valence-electron chi connectivity index (χ3n) is 4.48. The summed E-state index contributed by atoms with van der Waals surface area (Å²) in [4.78, 5) is 24.8. The molecule has 0 spiro atoms. The SMILES string of the molecule is CN1CCN(Cc2ccc3nc(C(C)(C)C)[nH]c(=O)c3c2)CC1. The van der Waals surface area contributed by atoms with Gasteiger partial charge in [-0.3, -0.25) is 9.69 Å². The molecule has 0 radical (unpaired) electrons. The smallest absolute Gasteiger partial charge is 0.258 e. The lowest BCUT2D eigenvalue weighted by atomic mass is 9.95. The average Bonchev–Trinajstić information content (AvgIpc) is 2.49. The first-order chi connectivity index (χ1) is 10.8. The highest BCUT2D eigenvalue weighted by Crippen LogP contribution is 2.20. The first-order valence-corrected chi connectivity index (χ1v) is 8.27. The molecule has 0 saturated carbocycles. The van der Waals surface area contributed by atoms with Gasteiger partial charge in [-0.25, -0.2) is 4.98 Å². The van der Waals surface area contributed by atoms with Gasteiger partial charge in [-0.05, 0) is 24.7 Å². The van der Waals surface area contributed by atoms with Gasteiger partial charge < -0.3 is 9.88 Å². The maximum Gasteiger partial charge on any atom is 0.258 e. The number of H-pyrrole nitrogens is 1. The van der Waals surface area contributed by atoms with E-state index in [4.69, 9.17) is 0 Å². The summed E-state index contributed by atoms with van der Waals surface area (Å²) in [7, 11) is 2.16. The summed E-state index contributed by atoms with van der Waals surface area (Å²) < 4.78 is 0. The molecule has 3 rings (SSSR count). The summed E-state index contributed by atoms with van der Waals surface area (Å²) >= 11 is 0. The highest BCUT2D eigenvalue weighted by molar-refractivity contribution is 5.78. The van der Waals surface area contributed by atoms with E-state index in [1.807, 2.05) is 12.1 Å². The van der Waals surface area contributed by atoms with Gasteiger partial charge in [-0.1, -0.05) is 26.8 Å². The number of likely N-dealkylation sites (N-methyl/N-ethyl adjacent to an activating group) is 1. The van der Waals surface area contributed by atoms with Crippen molar-refractivity contribution in [1.29, 1.82) is 0 Å². The van der Waals surface area contributed by atoms with E-state index in [9.17, 15) is 4.79 Å². The number of piperazine rings is 1. The number of nitrogens with zero attached hydrogens (tertiary/aromatic N) is 3. The van der Waals surface area contributed by atoms with Crippen LogP contribution in [-0.4, -0.2) is 53.0 Å². The van der Waals surface area contributed by atoms with Crippen LogP contribution >= 0.6 is 0 Å². The Morgan fingerprint density at radius 1 is 1.17 bits per heavy atom. The Balaban J connectivity index is 1.87. The maximum absolute atomic E-state index is 12.4. The number of hydrogen-bond acceptors (Lipinski definition) is 4. The molecule has 5 heteroatoms. The molecule has 0 bridgehead atoms. The van der Waals surface area contributed by atoms with Crippen LogP contribution in [0.2, 0.25) is 0 Å². The molecule has 124 valence electrons. The molecule has 2 heterocycles. The van der Waals surface area contributed by atoms with E-state index in [2.05, 4.69) is 53.7 Å². The Morgan fingerprint density at radius 2 is 1.87 bits per heavy atom. The quantitative estimate of drug-likeness (QED) is 0.921. The molecule has 23 heavy (non-hydrogen) atoms. The Kier molecular flexibility index (Phi) is 4.25. The molecule has 0 atom stereocenters. The van der Waals surface area contributed by atoms with Gasteiger partial charge >= 0.3 is 0 Å².